The van der Waals surface area contributed by atoms with Crippen LogP contribution in [0.4, 0.5) is 0 Å². The zero-order valence-electron chi connectivity index (χ0n) is 11.3. The minimum atomic E-state index is -2.30. The summed E-state index contributed by atoms with van der Waals surface area (Å²) in [5, 5.41) is 0. The molecule has 0 aromatic rings. The Morgan fingerprint density at radius 3 is 1.44 bits per heavy atom. The van der Waals surface area contributed by atoms with Crippen LogP contribution < -0.4 is 0 Å². The monoisotopic (exact) mass is 317 g/mol. The van der Waals surface area contributed by atoms with Gasteiger partial charge in [0.05, 0.1) is 12.2 Å². The first-order chi connectivity index (χ1) is 8.16. The third-order valence-corrected chi connectivity index (χ3v) is 5.88. The molecular weight excluding hydrogens is 294 g/mol. The van der Waals surface area contributed by atoms with E-state index in [1.54, 1.807) is 0 Å². The maximum atomic E-state index is 5.95. The van der Waals surface area contributed by atoms with Crippen LogP contribution in [0.15, 0.2) is 0 Å². The van der Waals surface area contributed by atoms with Crippen molar-refractivity contribution in [2.75, 3.05) is 0 Å². The Balaban J connectivity index is 0.00000162. The summed E-state index contributed by atoms with van der Waals surface area (Å²) in [5.41, 5.74) is -2.30. The van der Waals surface area contributed by atoms with E-state index in [-0.39, 0.29) is 29.6 Å². The van der Waals surface area contributed by atoms with Crippen LogP contribution in [-0.4, -0.2) is 41.8 Å². The van der Waals surface area contributed by atoms with Crippen LogP contribution in [0.5, 0.6) is 0 Å². The Kier molecular flexibility index (Phi) is 9.03. The van der Waals surface area contributed by atoms with E-state index in [9.17, 15) is 0 Å². The molecule has 2 rings (SSSR count). The molecule has 0 unspecified atom stereocenters. The molecular formula is C12H23NaO2PS2. The van der Waals surface area contributed by atoms with Gasteiger partial charge in [-0.15, -0.1) is 0 Å². The van der Waals surface area contributed by atoms with Crippen LogP contribution in [0, 0.1) is 0 Å². The van der Waals surface area contributed by atoms with Gasteiger partial charge in [0.15, 0.2) is 0 Å². The second-order valence-corrected chi connectivity index (χ2v) is 10.4. The van der Waals surface area contributed by atoms with Crippen molar-refractivity contribution in [3.8, 4) is 0 Å². The van der Waals surface area contributed by atoms with Crippen molar-refractivity contribution in [1.82, 2.24) is 0 Å². The van der Waals surface area contributed by atoms with Crippen molar-refractivity contribution in [3.05, 3.63) is 0 Å². The summed E-state index contributed by atoms with van der Waals surface area (Å²) in [5.74, 6) is 0. The third-order valence-electron chi connectivity index (χ3n) is 3.67. The Morgan fingerprint density at radius 2 is 1.11 bits per heavy atom. The van der Waals surface area contributed by atoms with Crippen molar-refractivity contribution in [1.29, 1.82) is 0 Å². The topological polar surface area (TPSA) is 18.5 Å². The maximum Gasteiger partial charge on any atom is 0.244 e. The Morgan fingerprint density at radius 1 is 0.778 bits per heavy atom. The fourth-order valence-corrected chi connectivity index (χ4v) is 5.50. The van der Waals surface area contributed by atoms with E-state index in [2.05, 4.69) is 12.2 Å². The van der Waals surface area contributed by atoms with Crippen molar-refractivity contribution in [2.45, 2.75) is 76.4 Å². The minimum absolute atomic E-state index is 0. The summed E-state index contributed by atoms with van der Waals surface area (Å²) >= 11 is 9.92. The van der Waals surface area contributed by atoms with Gasteiger partial charge in [-0.3, -0.25) is 0 Å². The van der Waals surface area contributed by atoms with Gasteiger partial charge in [-0.25, -0.2) is 0 Å². The molecule has 2 aliphatic carbocycles. The summed E-state index contributed by atoms with van der Waals surface area (Å²) in [7, 11) is 0. The predicted octanol–water partition coefficient (Wildman–Crippen LogP) is 4.46. The molecule has 0 aromatic heterocycles. The van der Waals surface area contributed by atoms with Crippen LogP contribution in [0.25, 0.3) is 0 Å². The van der Waals surface area contributed by atoms with Crippen LogP contribution in [0.3, 0.4) is 0 Å². The van der Waals surface area contributed by atoms with E-state index in [1.165, 1.54) is 38.5 Å². The quantitative estimate of drug-likeness (QED) is 0.469. The first kappa shape index (κ1) is 18.0. The van der Waals surface area contributed by atoms with Crippen molar-refractivity contribution >= 4 is 59.3 Å². The number of thiol groups is 1. The molecule has 0 aliphatic heterocycles. The zero-order chi connectivity index (χ0) is 12.1. The Labute approximate surface area is 144 Å². The number of hydrogen-bond acceptors (Lipinski definition) is 3. The van der Waals surface area contributed by atoms with E-state index in [0.717, 1.165) is 25.7 Å². The molecule has 0 bridgehead atoms. The number of rotatable bonds is 4. The summed E-state index contributed by atoms with van der Waals surface area (Å²) in [6.07, 6.45) is 12.8. The predicted molar refractivity (Wildman–Crippen MR) is 84.9 cm³/mol. The molecule has 2 aliphatic rings. The van der Waals surface area contributed by atoms with Gasteiger partial charge in [0.1, 0.15) is 0 Å². The molecule has 0 atom stereocenters. The van der Waals surface area contributed by atoms with E-state index in [1.807, 2.05) is 0 Å². The van der Waals surface area contributed by atoms with Gasteiger partial charge in [-0.2, -0.15) is 0 Å². The van der Waals surface area contributed by atoms with Crippen molar-refractivity contribution < 1.29 is 9.05 Å². The summed E-state index contributed by atoms with van der Waals surface area (Å²) in [4.78, 5) is 0. The van der Waals surface area contributed by atoms with Crippen molar-refractivity contribution in [2.24, 2.45) is 0 Å². The molecule has 0 N–H and O–H groups in total. The van der Waals surface area contributed by atoms with Crippen LogP contribution in [-0.2, 0) is 20.9 Å². The fourth-order valence-electron chi connectivity index (χ4n) is 2.74. The van der Waals surface area contributed by atoms with Crippen molar-refractivity contribution in [3.63, 3.8) is 0 Å². The van der Waals surface area contributed by atoms with Gasteiger partial charge >= 0.3 is 0 Å². The normalized spacial score (nSPS) is 23.6. The van der Waals surface area contributed by atoms with Gasteiger partial charge in [0, 0.05) is 29.6 Å². The SMILES string of the molecule is S=P(S)(OC1CCCCC1)OC1CCCCC1.[Na]. The van der Waals surface area contributed by atoms with Crippen LogP contribution in [0.2, 0.25) is 0 Å². The van der Waals surface area contributed by atoms with E-state index < -0.39 is 5.69 Å². The fraction of sp³-hybridized carbons (Fsp3) is 1.00. The molecule has 2 nitrogen and oxygen atoms in total. The first-order valence-corrected chi connectivity index (χ1v) is 10.6. The molecule has 0 aromatic carbocycles. The third kappa shape index (κ3) is 6.58. The molecule has 0 spiro atoms. The molecule has 1 radical (unpaired) electrons. The van der Waals surface area contributed by atoms with Gasteiger partial charge in [0.25, 0.3) is 0 Å². The first-order valence-electron chi connectivity index (χ1n) is 6.85. The maximum absolute atomic E-state index is 5.95. The molecule has 0 heterocycles. The van der Waals surface area contributed by atoms with E-state index >= 15 is 0 Å². The molecule has 6 heteroatoms. The average Bonchev–Trinajstić information content (AvgIpc) is 2.30. The van der Waals surface area contributed by atoms with Gasteiger partial charge in [-0.1, -0.05) is 50.8 Å². The van der Waals surface area contributed by atoms with Gasteiger partial charge in [0.2, 0.25) is 5.69 Å². The molecule has 2 fully saturated rings. The van der Waals surface area contributed by atoms with Crippen LogP contribution >= 0.6 is 17.9 Å². The van der Waals surface area contributed by atoms with Gasteiger partial charge in [-0.05, 0) is 37.5 Å². The van der Waals surface area contributed by atoms with Gasteiger partial charge < -0.3 is 9.05 Å². The summed E-state index contributed by atoms with van der Waals surface area (Å²) < 4.78 is 11.9. The molecule has 0 saturated heterocycles. The average molecular weight is 317 g/mol. The standard InChI is InChI=1S/C12H23O2PS2.Na/c16-15(17,13-11-7-3-1-4-8-11)14-12-9-5-2-6-10-12;/h11-12H,1-10H2,(H,16,17);. The summed E-state index contributed by atoms with van der Waals surface area (Å²) in [6.45, 7) is 0. The molecule has 101 valence electrons. The largest absolute Gasteiger partial charge is 0.318 e. The van der Waals surface area contributed by atoms with Crippen LogP contribution in [0.1, 0.15) is 64.2 Å². The van der Waals surface area contributed by atoms with E-state index in [0.29, 0.717) is 12.2 Å². The van der Waals surface area contributed by atoms with E-state index in [4.69, 9.17) is 20.9 Å². The second-order valence-electron chi connectivity index (χ2n) is 5.20. The Hall–Kier alpha value is 1.92. The smallest absolute Gasteiger partial charge is 0.244 e. The minimum Gasteiger partial charge on any atom is -0.318 e. The Bertz CT molecular complexity index is 255. The molecule has 18 heavy (non-hydrogen) atoms. The second kappa shape index (κ2) is 9.04. The zero-order valence-corrected chi connectivity index (χ0v) is 16.0. The molecule has 0 amide bonds. The number of hydrogen-bond donors (Lipinski definition) is 1. The molecule has 2 saturated carbocycles. The summed E-state index contributed by atoms with van der Waals surface area (Å²) in [6, 6.07) is 0.